The largest absolute Gasteiger partial charge is 0.354 e. The number of amides is 2. The summed E-state index contributed by atoms with van der Waals surface area (Å²) in [7, 11) is 0. The summed E-state index contributed by atoms with van der Waals surface area (Å²) >= 11 is 12.2. The normalized spacial score (nSPS) is 29.8. The molecule has 0 radical (unpaired) electrons. The Morgan fingerprint density at radius 1 is 1.20 bits per heavy atom. The summed E-state index contributed by atoms with van der Waals surface area (Å²) in [5, 5.41) is 13.7. The monoisotopic (exact) mass is 605 g/mol. The van der Waals surface area contributed by atoms with Crippen LogP contribution in [0.1, 0.15) is 57.6 Å². The molecular formula is C30H31Cl2F2N3O4. The Bertz CT molecular complexity index is 1450. The highest BCUT2D eigenvalue weighted by Crippen LogP contribution is 2.60. The van der Waals surface area contributed by atoms with E-state index in [1.807, 2.05) is 0 Å². The Kier molecular flexibility index (Phi) is 7.61. The Hall–Kier alpha value is -2.77. The van der Waals surface area contributed by atoms with Crippen LogP contribution in [0.15, 0.2) is 36.4 Å². The van der Waals surface area contributed by atoms with Crippen LogP contribution in [0.4, 0.5) is 8.78 Å². The zero-order valence-electron chi connectivity index (χ0n) is 23.1. The molecule has 7 nitrogen and oxygen atoms in total. The Labute approximate surface area is 247 Å². The molecule has 41 heavy (non-hydrogen) atoms. The maximum Gasteiger partial charge on any atom is 0.243 e. The van der Waals surface area contributed by atoms with Crippen molar-refractivity contribution in [1.29, 1.82) is 5.26 Å². The zero-order chi connectivity index (χ0) is 29.9. The fourth-order valence-electron chi connectivity index (χ4n) is 6.67. The maximum absolute atomic E-state index is 15.8. The summed E-state index contributed by atoms with van der Waals surface area (Å²) < 4.78 is 42.9. The second kappa shape index (κ2) is 10.5. The lowest BCUT2D eigenvalue weighted by Gasteiger charge is -2.35. The lowest BCUT2D eigenvalue weighted by molar-refractivity contribution is -0.142. The molecule has 3 aliphatic heterocycles. The third-order valence-electron chi connectivity index (χ3n) is 8.46. The molecule has 3 heterocycles. The van der Waals surface area contributed by atoms with E-state index in [1.54, 1.807) is 27.7 Å². The maximum atomic E-state index is 15.8. The van der Waals surface area contributed by atoms with Crippen LogP contribution < -0.4 is 5.32 Å². The molecule has 2 aromatic carbocycles. The SMILES string of the molecule is CC1(C)OC[C@H](CCNC(=O)C2C(c3cccc(Cl)c3F)C(C#N)(c3ccc(Cl)cc3F)C3CC(C)(C)C(=O)N23)O1. The van der Waals surface area contributed by atoms with Gasteiger partial charge in [0.05, 0.1) is 29.8 Å². The van der Waals surface area contributed by atoms with Gasteiger partial charge >= 0.3 is 0 Å². The van der Waals surface area contributed by atoms with E-state index in [2.05, 4.69) is 11.4 Å². The van der Waals surface area contributed by atoms with Crippen molar-refractivity contribution >= 4 is 35.0 Å². The van der Waals surface area contributed by atoms with Crippen molar-refractivity contribution in [2.75, 3.05) is 13.2 Å². The molecule has 5 rings (SSSR count). The molecule has 218 valence electrons. The quantitative estimate of drug-likeness (QED) is 0.470. The summed E-state index contributed by atoms with van der Waals surface area (Å²) in [4.78, 5) is 29.2. The number of benzene rings is 2. The van der Waals surface area contributed by atoms with Crippen LogP contribution in [0.3, 0.4) is 0 Å². The van der Waals surface area contributed by atoms with Crippen molar-refractivity contribution in [3.8, 4) is 6.07 Å². The molecule has 11 heteroatoms. The van der Waals surface area contributed by atoms with E-state index in [1.165, 1.54) is 35.2 Å². The van der Waals surface area contributed by atoms with Crippen LogP contribution in [-0.4, -0.2) is 53.8 Å². The third-order valence-corrected chi connectivity index (χ3v) is 8.99. The second-order valence-electron chi connectivity index (χ2n) is 12.0. The van der Waals surface area contributed by atoms with E-state index in [4.69, 9.17) is 32.7 Å². The second-order valence-corrected chi connectivity index (χ2v) is 12.9. The molecule has 0 aliphatic carbocycles. The number of carbonyl (C=O) groups is 2. The molecule has 3 fully saturated rings. The first-order chi connectivity index (χ1) is 19.2. The molecule has 3 aliphatic rings. The minimum atomic E-state index is -1.84. The van der Waals surface area contributed by atoms with E-state index in [9.17, 15) is 14.9 Å². The van der Waals surface area contributed by atoms with Gasteiger partial charge in [-0.15, -0.1) is 0 Å². The summed E-state index contributed by atoms with van der Waals surface area (Å²) in [6, 6.07) is 8.19. The number of nitriles is 1. The predicted molar refractivity (Wildman–Crippen MR) is 148 cm³/mol. The highest BCUT2D eigenvalue weighted by atomic mass is 35.5. The van der Waals surface area contributed by atoms with Crippen molar-refractivity contribution in [3.63, 3.8) is 0 Å². The highest BCUT2D eigenvalue weighted by molar-refractivity contribution is 6.31. The lowest BCUT2D eigenvalue weighted by atomic mass is 9.63. The van der Waals surface area contributed by atoms with Gasteiger partial charge in [0.25, 0.3) is 0 Å². The number of nitrogens with zero attached hydrogens (tertiary/aromatic N) is 2. The number of carbonyl (C=O) groups excluding carboxylic acids is 2. The third kappa shape index (κ3) is 4.89. The first-order valence-corrected chi connectivity index (χ1v) is 14.2. The number of hydrogen-bond acceptors (Lipinski definition) is 5. The van der Waals surface area contributed by atoms with Gasteiger partial charge in [-0.1, -0.05) is 55.2 Å². The molecule has 0 saturated carbocycles. The smallest absolute Gasteiger partial charge is 0.243 e. The van der Waals surface area contributed by atoms with Crippen molar-refractivity contribution in [2.24, 2.45) is 5.41 Å². The Morgan fingerprint density at radius 2 is 1.93 bits per heavy atom. The van der Waals surface area contributed by atoms with E-state index in [-0.39, 0.29) is 46.1 Å². The zero-order valence-corrected chi connectivity index (χ0v) is 24.7. The molecule has 3 saturated heterocycles. The number of hydrogen-bond donors (Lipinski definition) is 1. The molecule has 2 aromatic rings. The van der Waals surface area contributed by atoms with E-state index >= 15 is 8.78 Å². The minimum absolute atomic E-state index is 0.0529. The number of ether oxygens (including phenoxy) is 2. The fraction of sp³-hybridized carbons (Fsp3) is 0.500. The van der Waals surface area contributed by atoms with Crippen LogP contribution in [0.5, 0.6) is 0 Å². The van der Waals surface area contributed by atoms with Gasteiger partial charge in [0.15, 0.2) is 5.79 Å². The van der Waals surface area contributed by atoms with Crippen molar-refractivity contribution in [2.45, 2.75) is 75.8 Å². The molecule has 0 aromatic heterocycles. The van der Waals surface area contributed by atoms with E-state index in [0.717, 1.165) is 6.07 Å². The van der Waals surface area contributed by atoms with E-state index < -0.39 is 52.2 Å². The van der Waals surface area contributed by atoms with Gasteiger partial charge in [-0.25, -0.2) is 8.78 Å². The molecule has 0 bridgehead atoms. The topological polar surface area (TPSA) is 91.7 Å². The van der Waals surface area contributed by atoms with Crippen LogP contribution in [0.25, 0.3) is 0 Å². The molecule has 0 spiro atoms. The standard InChI is InChI=1S/C30H31Cl2F2N3O4/c1-28(2)13-22-30(15-35,19-9-8-16(31)12-21(19)33)23(18-6-5-7-20(32)24(18)34)25(37(22)27(28)39)26(38)36-11-10-17-14-40-29(3,4)41-17/h5-9,12,17,22-23,25H,10-11,13-14H2,1-4H3,(H,36,38)/t17-,22?,23?,25?,30?/m0/s1. The van der Waals surface area contributed by atoms with Gasteiger partial charge in [-0.05, 0) is 50.5 Å². The Balaban J connectivity index is 1.63. The molecule has 4 unspecified atom stereocenters. The predicted octanol–water partition coefficient (Wildman–Crippen LogP) is 5.48. The average molecular weight is 606 g/mol. The number of halogens is 4. The molecule has 5 atom stereocenters. The Morgan fingerprint density at radius 3 is 2.56 bits per heavy atom. The molecule has 1 N–H and O–H groups in total. The minimum Gasteiger partial charge on any atom is -0.354 e. The van der Waals surface area contributed by atoms with Gasteiger partial charge in [0, 0.05) is 28.5 Å². The van der Waals surface area contributed by atoms with Crippen LogP contribution in [-0.2, 0) is 24.5 Å². The van der Waals surface area contributed by atoms with Crippen molar-refractivity contribution in [1.82, 2.24) is 10.2 Å². The summed E-state index contributed by atoms with van der Waals surface area (Å²) in [5.41, 5.74) is -2.91. The van der Waals surface area contributed by atoms with Gasteiger partial charge in [0.1, 0.15) is 23.1 Å². The van der Waals surface area contributed by atoms with Gasteiger partial charge in [-0.2, -0.15) is 5.26 Å². The number of rotatable bonds is 6. The van der Waals surface area contributed by atoms with Crippen molar-refractivity contribution in [3.05, 3.63) is 69.2 Å². The summed E-state index contributed by atoms with van der Waals surface area (Å²) in [6.07, 6.45) is 0.319. The highest BCUT2D eigenvalue weighted by Gasteiger charge is 2.70. The summed E-state index contributed by atoms with van der Waals surface area (Å²) in [5.74, 6) is -4.60. The van der Waals surface area contributed by atoms with Crippen LogP contribution in [0.2, 0.25) is 10.0 Å². The first kappa shape index (κ1) is 29.7. The summed E-state index contributed by atoms with van der Waals surface area (Å²) in [6.45, 7) is 7.57. The fourth-order valence-corrected chi connectivity index (χ4v) is 7.01. The van der Waals surface area contributed by atoms with Crippen LogP contribution >= 0.6 is 23.2 Å². The lowest BCUT2D eigenvalue weighted by Crippen LogP contribution is -2.49. The van der Waals surface area contributed by atoms with Gasteiger partial charge in [0.2, 0.25) is 11.8 Å². The molecule has 2 amide bonds. The van der Waals surface area contributed by atoms with Crippen LogP contribution in [0, 0.1) is 28.4 Å². The number of fused-ring (bicyclic) bond motifs is 1. The van der Waals surface area contributed by atoms with Crippen molar-refractivity contribution < 1.29 is 27.8 Å². The van der Waals surface area contributed by atoms with Gasteiger partial charge < -0.3 is 19.7 Å². The molecular weight excluding hydrogens is 575 g/mol. The first-order valence-electron chi connectivity index (χ1n) is 13.5. The van der Waals surface area contributed by atoms with E-state index in [0.29, 0.717) is 13.0 Å². The number of nitrogens with one attached hydrogen (secondary N) is 1. The van der Waals surface area contributed by atoms with Gasteiger partial charge in [-0.3, -0.25) is 9.59 Å². The average Bonchev–Trinajstić information content (AvgIpc) is 3.47.